The second kappa shape index (κ2) is 7.51. The molecule has 1 aliphatic carbocycles. The number of carbonyl (C=O) groups is 1. The second-order valence-corrected chi connectivity index (χ2v) is 7.50. The van der Waals surface area contributed by atoms with Gasteiger partial charge in [-0.2, -0.15) is 0 Å². The number of hydrogen-bond acceptors (Lipinski definition) is 4. The Kier molecular flexibility index (Phi) is 4.92. The molecule has 1 amide bonds. The van der Waals surface area contributed by atoms with Gasteiger partial charge in [-0.1, -0.05) is 43.3 Å². The molecule has 2 aromatic rings. The molecule has 5 nitrogen and oxygen atoms in total. The van der Waals surface area contributed by atoms with Crippen molar-refractivity contribution < 1.29 is 14.3 Å². The Morgan fingerprint density at radius 3 is 2.67 bits per heavy atom. The van der Waals surface area contributed by atoms with Crippen LogP contribution in [0.5, 0.6) is 5.75 Å². The van der Waals surface area contributed by atoms with E-state index < -0.39 is 0 Å². The van der Waals surface area contributed by atoms with Gasteiger partial charge in [0, 0.05) is 23.7 Å². The number of fused-ring (bicyclic) bond motifs is 1. The lowest BCUT2D eigenvalue weighted by molar-refractivity contribution is 0.130. The summed E-state index contributed by atoms with van der Waals surface area (Å²) in [6.45, 7) is 2.47. The minimum atomic E-state index is -0.381. The van der Waals surface area contributed by atoms with Crippen LogP contribution in [-0.2, 0) is 11.3 Å². The molecule has 2 aliphatic rings. The molecule has 142 valence electrons. The fourth-order valence-corrected chi connectivity index (χ4v) is 3.96. The van der Waals surface area contributed by atoms with Crippen LogP contribution in [0.15, 0.2) is 48.5 Å². The Bertz CT molecular complexity index is 804. The van der Waals surface area contributed by atoms with Gasteiger partial charge in [0.15, 0.2) is 0 Å². The first-order valence-electron chi connectivity index (χ1n) is 9.57. The molecule has 2 aromatic carbocycles. The molecule has 1 fully saturated rings. The lowest BCUT2D eigenvalue weighted by Crippen LogP contribution is -2.45. The first-order valence-corrected chi connectivity index (χ1v) is 9.57. The van der Waals surface area contributed by atoms with E-state index in [0.29, 0.717) is 12.0 Å². The molecular formula is C22H26N2O3. The molecule has 1 saturated carbocycles. The van der Waals surface area contributed by atoms with Crippen molar-refractivity contribution in [1.29, 1.82) is 0 Å². The van der Waals surface area contributed by atoms with Gasteiger partial charge in [-0.25, -0.2) is 4.79 Å². The van der Waals surface area contributed by atoms with Gasteiger partial charge in [-0.05, 0) is 36.0 Å². The van der Waals surface area contributed by atoms with Crippen LogP contribution < -0.4 is 15.4 Å². The fraction of sp³-hybridized carbons (Fsp3) is 0.409. The SMILES string of the molecule is COc1ccc2c(c1)N[C@@H](C1CC1)[C@H](C)[C@H]2NC(=O)OCc1ccccc1. The van der Waals surface area contributed by atoms with Crippen LogP contribution in [0, 0.1) is 11.8 Å². The zero-order valence-electron chi connectivity index (χ0n) is 15.8. The molecule has 0 unspecified atom stereocenters. The number of alkyl carbamates (subject to hydrolysis) is 1. The largest absolute Gasteiger partial charge is 0.497 e. The molecule has 0 aromatic heterocycles. The molecular weight excluding hydrogens is 340 g/mol. The summed E-state index contributed by atoms with van der Waals surface area (Å²) in [5, 5.41) is 6.78. The smallest absolute Gasteiger partial charge is 0.407 e. The zero-order valence-corrected chi connectivity index (χ0v) is 15.8. The van der Waals surface area contributed by atoms with Gasteiger partial charge in [0.2, 0.25) is 0 Å². The van der Waals surface area contributed by atoms with Crippen molar-refractivity contribution in [1.82, 2.24) is 5.32 Å². The van der Waals surface area contributed by atoms with E-state index in [0.717, 1.165) is 22.6 Å². The van der Waals surface area contributed by atoms with Gasteiger partial charge in [0.05, 0.1) is 13.2 Å². The highest BCUT2D eigenvalue weighted by Gasteiger charge is 2.42. The minimum Gasteiger partial charge on any atom is -0.497 e. The molecule has 0 bridgehead atoms. The van der Waals surface area contributed by atoms with Crippen LogP contribution in [0.25, 0.3) is 0 Å². The van der Waals surface area contributed by atoms with Gasteiger partial charge in [-0.3, -0.25) is 0 Å². The molecule has 3 atom stereocenters. The van der Waals surface area contributed by atoms with Crippen LogP contribution in [0.2, 0.25) is 0 Å². The van der Waals surface area contributed by atoms with E-state index in [1.165, 1.54) is 12.8 Å². The standard InChI is InChI=1S/C22H26N2O3/c1-14-20(16-8-9-16)23-19-12-17(26-2)10-11-18(19)21(14)24-22(25)27-13-15-6-4-3-5-7-15/h3-7,10-12,14,16,20-21,23H,8-9,13H2,1-2H3,(H,24,25)/t14-,20+,21+/m0/s1. The Labute approximate surface area is 160 Å². The summed E-state index contributed by atoms with van der Waals surface area (Å²) < 4.78 is 10.8. The average Bonchev–Trinajstić information content (AvgIpc) is 3.54. The van der Waals surface area contributed by atoms with Crippen molar-refractivity contribution in [3.63, 3.8) is 0 Å². The maximum absolute atomic E-state index is 12.5. The van der Waals surface area contributed by atoms with E-state index in [-0.39, 0.29) is 24.7 Å². The number of anilines is 1. The molecule has 1 heterocycles. The summed E-state index contributed by atoms with van der Waals surface area (Å²) in [6, 6.07) is 16.0. The first kappa shape index (κ1) is 17.7. The third-order valence-electron chi connectivity index (χ3n) is 5.63. The van der Waals surface area contributed by atoms with Crippen molar-refractivity contribution in [2.45, 2.75) is 38.5 Å². The average molecular weight is 366 g/mol. The predicted molar refractivity (Wildman–Crippen MR) is 105 cm³/mol. The van der Waals surface area contributed by atoms with E-state index in [4.69, 9.17) is 9.47 Å². The third kappa shape index (κ3) is 3.87. The zero-order chi connectivity index (χ0) is 18.8. The minimum absolute atomic E-state index is 0.0824. The molecule has 2 N–H and O–H groups in total. The molecule has 0 spiro atoms. The van der Waals surface area contributed by atoms with E-state index >= 15 is 0 Å². The normalized spacial score (nSPS) is 23.7. The van der Waals surface area contributed by atoms with Gasteiger partial charge in [0.1, 0.15) is 12.4 Å². The molecule has 0 saturated heterocycles. The number of carbonyl (C=O) groups excluding carboxylic acids is 1. The van der Waals surface area contributed by atoms with Gasteiger partial charge in [-0.15, -0.1) is 0 Å². The number of methoxy groups -OCH3 is 1. The van der Waals surface area contributed by atoms with Crippen molar-refractivity contribution in [2.24, 2.45) is 11.8 Å². The van der Waals surface area contributed by atoms with Crippen LogP contribution in [0.1, 0.15) is 36.9 Å². The lowest BCUT2D eigenvalue weighted by atomic mass is 9.81. The number of ether oxygens (including phenoxy) is 2. The summed E-state index contributed by atoms with van der Waals surface area (Å²) in [6.07, 6.45) is 2.10. The molecule has 5 heteroatoms. The van der Waals surface area contributed by atoms with E-state index in [2.05, 4.69) is 17.6 Å². The summed E-state index contributed by atoms with van der Waals surface area (Å²) in [7, 11) is 1.67. The summed E-state index contributed by atoms with van der Waals surface area (Å²) in [5.74, 6) is 1.77. The van der Waals surface area contributed by atoms with Crippen molar-refractivity contribution in [2.75, 3.05) is 12.4 Å². The monoisotopic (exact) mass is 366 g/mol. The van der Waals surface area contributed by atoms with Crippen LogP contribution >= 0.6 is 0 Å². The fourth-order valence-electron chi connectivity index (χ4n) is 3.96. The highest BCUT2D eigenvalue weighted by Crippen LogP contribution is 2.46. The predicted octanol–water partition coefficient (Wildman–Crippen LogP) is 4.50. The second-order valence-electron chi connectivity index (χ2n) is 7.50. The maximum Gasteiger partial charge on any atom is 0.407 e. The first-order chi connectivity index (χ1) is 13.2. The van der Waals surface area contributed by atoms with Crippen LogP contribution in [-0.4, -0.2) is 19.2 Å². The van der Waals surface area contributed by atoms with Crippen molar-refractivity contribution in [3.8, 4) is 5.75 Å². The van der Waals surface area contributed by atoms with Crippen molar-refractivity contribution >= 4 is 11.8 Å². The number of amides is 1. The van der Waals surface area contributed by atoms with E-state index in [1.807, 2.05) is 48.5 Å². The van der Waals surface area contributed by atoms with Crippen molar-refractivity contribution in [3.05, 3.63) is 59.7 Å². The topological polar surface area (TPSA) is 59.6 Å². The molecule has 27 heavy (non-hydrogen) atoms. The Balaban J connectivity index is 1.50. The summed E-state index contributed by atoms with van der Waals surface area (Å²) in [4.78, 5) is 12.5. The number of nitrogens with one attached hydrogen (secondary N) is 2. The molecule has 4 rings (SSSR count). The number of rotatable bonds is 5. The van der Waals surface area contributed by atoms with Gasteiger partial charge in [0.25, 0.3) is 0 Å². The van der Waals surface area contributed by atoms with Crippen LogP contribution in [0.3, 0.4) is 0 Å². The van der Waals surface area contributed by atoms with E-state index in [1.54, 1.807) is 7.11 Å². The molecule has 0 radical (unpaired) electrons. The summed E-state index contributed by atoms with van der Waals surface area (Å²) in [5.41, 5.74) is 3.10. The Morgan fingerprint density at radius 1 is 1.19 bits per heavy atom. The highest BCUT2D eigenvalue weighted by molar-refractivity contribution is 5.70. The number of hydrogen-bond donors (Lipinski definition) is 2. The quantitative estimate of drug-likeness (QED) is 0.818. The number of benzene rings is 2. The van der Waals surface area contributed by atoms with E-state index in [9.17, 15) is 4.79 Å². The Morgan fingerprint density at radius 2 is 1.96 bits per heavy atom. The van der Waals surface area contributed by atoms with Gasteiger partial charge < -0.3 is 20.1 Å². The summed E-state index contributed by atoms with van der Waals surface area (Å²) >= 11 is 0. The van der Waals surface area contributed by atoms with Gasteiger partial charge >= 0.3 is 6.09 Å². The maximum atomic E-state index is 12.5. The lowest BCUT2D eigenvalue weighted by Gasteiger charge is -2.39. The third-order valence-corrected chi connectivity index (χ3v) is 5.63. The molecule has 1 aliphatic heterocycles. The highest BCUT2D eigenvalue weighted by atomic mass is 16.5. The van der Waals surface area contributed by atoms with Crippen LogP contribution in [0.4, 0.5) is 10.5 Å². The Hall–Kier alpha value is -2.69.